The van der Waals surface area contributed by atoms with Crippen molar-refractivity contribution < 1.29 is 4.55 Å². The third-order valence-corrected chi connectivity index (χ3v) is 3.15. The average molecular weight is 297 g/mol. The van der Waals surface area contributed by atoms with Gasteiger partial charge in [0.15, 0.2) is 0 Å². The predicted molar refractivity (Wildman–Crippen MR) is 75.9 cm³/mol. The zero-order chi connectivity index (χ0) is 12.0. The Morgan fingerprint density at radius 2 is 1.56 bits per heavy atom. The highest BCUT2D eigenvalue weighted by atomic mass is 79.9. The molecule has 0 aliphatic heterocycles. The lowest BCUT2D eigenvalue weighted by molar-refractivity contribution is 0.679. The highest BCUT2D eigenvalue weighted by molar-refractivity contribution is 9.10. The van der Waals surface area contributed by atoms with Crippen LogP contribution < -0.4 is 0 Å². The first-order valence-electron chi connectivity index (χ1n) is 4.79. The molecule has 0 unspecified atom stereocenters. The van der Waals surface area contributed by atoms with Gasteiger partial charge in [-0.3, -0.25) is 0 Å². The second kappa shape index (κ2) is 6.74. The van der Waals surface area contributed by atoms with Gasteiger partial charge in [-0.1, -0.05) is 58.4 Å². The quantitative estimate of drug-likeness (QED) is 0.571. The maximum atomic E-state index is 6.69. The van der Waals surface area contributed by atoms with Crippen LogP contribution in [0.25, 0.3) is 11.1 Å². The van der Waals surface area contributed by atoms with Crippen molar-refractivity contribution in [3.63, 3.8) is 0 Å². The molecule has 2 rings (SSSR count). The van der Waals surface area contributed by atoms with Crippen LogP contribution in [0, 0.1) is 6.92 Å². The molecule has 0 radical (unpaired) electrons. The number of thiol groups is 1. The van der Waals surface area contributed by atoms with Crippen molar-refractivity contribution in [2.45, 2.75) is 6.92 Å². The van der Waals surface area contributed by atoms with E-state index in [0.29, 0.717) is 0 Å². The van der Waals surface area contributed by atoms with Crippen LogP contribution in [0.1, 0.15) is 5.56 Å². The van der Waals surface area contributed by atoms with Gasteiger partial charge in [0.2, 0.25) is 0 Å². The summed E-state index contributed by atoms with van der Waals surface area (Å²) in [6, 6.07) is 16.8. The van der Waals surface area contributed by atoms with E-state index in [4.69, 9.17) is 4.55 Å². The van der Waals surface area contributed by atoms with Crippen molar-refractivity contribution in [3.8, 4) is 11.1 Å². The van der Waals surface area contributed by atoms with E-state index in [1.807, 2.05) is 6.07 Å². The SMILES string of the molecule is Cc1cc(-c2ccccc2)ccc1Br.OS. The molecule has 0 aliphatic carbocycles. The number of hydrogen-bond acceptors (Lipinski definition) is 2. The normalized spacial score (nSPS) is 9.25. The minimum Gasteiger partial charge on any atom is -0.333 e. The monoisotopic (exact) mass is 296 g/mol. The fourth-order valence-electron chi connectivity index (χ4n) is 1.45. The summed E-state index contributed by atoms with van der Waals surface area (Å²) in [6.45, 7) is 2.11. The largest absolute Gasteiger partial charge is 0.333 e. The van der Waals surface area contributed by atoms with E-state index in [9.17, 15) is 0 Å². The van der Waals surface area contributed by atoms with Crippen molar-refractivity contribution in [2.75, 3.05) is 0 Å². The van der Waals surface area contributed by atoms with Gasteiger partial charge < -0.3 is 4.55 Å². The topological polar surface area (TPSA) is 20.2 Å². The molecule has 84 valence electrons. The summed E-state index contributed by atoms with van der Waals surface area (Å²) in [6.07, 6.45) is 0. The van der Waals surface area contributed by atoms with E-state index in [2.05, 4.69) is 78.2 Å². The summed E-state index contributed by atoms with van der Waals surface area (Å²) in [5, 5.41) is 0. The summed E-state index contributed by atoms with van der Waals surface area (Å²) in [5.74, 6) is 0. The van der Waals surface area contributed by atoms with Crippen molar-refractivity contribution in [3.05, 3.63) is 58.6 Å². The minimum absolute atomic E-state index is 1.16. The van der Waals surface area contributed by atoms with Crippen LogP contribution in [0.4, 0.5) is 0 Å². The first kappa shape index (κ1) is 13.3. The van der Waals surface area contributed by atoms with Gasteiger partial charge in [-0.2, -0.15) is 0 Å². The molecule has 0 atom stereocenters. The minimum atomic E-state index is 1.16. The number of aryl methyl sites for hydroxylation is 1. The van der Waals surface area contributed by atoms with Gasteiger partial charge in [-0.05, 0) is 42.6 Å². The lowest BCUT2D eigenvalue weighted by Crippen LogP contribution is -1.80. The number of hydrogen-bond donors (Lipinski definition) is 2. The number of rotatable bonds is 1. The first-order valence-corrected chi connectivity index (χ1v) is 5.98. The van der Waals surface area contributed by atoms with Gasteiger partial charge in [-0.15, -0.1) is 0 Å². The molecule has 0 aliphatic rings. The molecule has 1 nitrogen and oxygen atoms in total. The fourth-order valence-corrected chi connectivity index (χ4v) is 1.70. The van der Waals surface area contributed by atoms with Gasteiger partial charge in [0.05, 0.1) is 0 Å². The van der Waals surface area contributed by atoms with E-state index in [1.54, 1.807) is 0 Å². The Balaban J connectivity index is 0.000000606. The van der Waals surface area contributed by atoms with E-state index in [-0.39, 0.29) is 0 Å². The van der Waals surface area contributed by atoms with Gasteiger partial charge >= 0.3 is 0 Å². The van der Waals surface area contributed by atoms with Crippen LogP contribution in [0.15, 0.2) is 53.0 Å². The molecular formula is C13H13BrOS. The lowest BCUT2D eigenvalue weighted by Gasteiger charge is -2.03. The van der Waals surface area contributed by atoms with Crippen molar-refractivity contribution >= 4 is 28.8 Å². The Kier molecular flexibility index (Phi) is 5.60. The molecule has 0 spiro atoms. The molecular weight excluding hydrogens is 284 g/mol. The molecule has 2 aromatic carbocycles. The maximum absolute atomic E-state index is 6.69. The second-order valence-electron chi connectivity index (χ2n) is 3.33. The molecule has 0 aromatic heterocycles. The van der Waals surface area contributed by atoms with Crippen LogP contribution >= 0.6 is 28.8 Å². The zero-order valence-corrected chi connectivity index (χ0v) is 11.4. The fraction of sp³-hybridized carbons (Fsp3) is 0.0769. The van der Waals surface area contributed by atoms with Crippen LogP contribution in [0.2, 0.25) is 0 Å². The van der Waals surface area contributed by atoms with E-state index in [0.717, 1.165) is 4.47 Å². The molecule has 2 aromatic rings. The molecule has 1 N–H and O–H groups in total. The lowest BCUT2D eigenvalue weighted by atomic mass is 10.0. The van der Waals surface area contributed by atoms with Gasteiger partial charge in [-0.25, -0.2) is 0 Å². The van der Waals surface area contributed by atoms with Gasteiger partial charge in [0.1, 0.15) is 0 Å². The van der Waals surface area contributed by atoms with Crippen LogP contribution in [-0.4, -0.2) is 4.55 Å². The Morgan fingerprint density at radius 3 is 2.12 bits per heavy atom. The van der Waals surface area contributed by atoms with E-state index in [1.165, 1.54) is 16.7 Å². The van der Waals surface area contributed by atoms with Crippen molar-refractivity contribution in [1.82, 2.24) is 0 Å². The molecule has 0 heterocycles. The highest BCUT2D eigenvalue weighted by Crippen LogP contribution is 2.24. The summed E-state index contributed by atoms with van der Waals surface area (Å²) in [7, 11) is 0. The summed E-state index contributed by atoms with van der Waals surface area (Å²) in [4.78, 5) is 0. The van der Waals surface area contributed by atoms with E-state index < -0.39 is 0 Å². The third-order valence-electron chi connectivity index (χ3n) is 2.27. The smallest absolute Gasteiger partial charge is 0.0204 e. The molecule has 0 saturated heterocycles. The third kappa shape index (κ3) is 3.37. The number of benzene rings is 2. The van der Waals surface area contributed by atoms with Gasteiger partial charge in [0, 0.05) is 4.47 Å². The maximum Gasteiger partial charge on any atom is 0.0204 e. The van der Waals surface area contributed by atoms with Crippen LogP contribution in [-0.2, 0) is 0 Å². The predicted octanol–water partition coefficient (Wildman–Crippen LogP) is 4.81. The second-order valence-corrected chi connectivity index (χ2v) is 4.18. The average Bonchev–Trinajstić information content (AvgIpc) is 2.36. The summed E-state index contributed by atoms with van der Waals surface area (Å²) in [5.41, 5.74) is 3.81. The van der Waals surface area contributed by atoms with Gasteiger partial charge in [0.25, 0.3) is 0 Å². The van der Waals surface area contributed by atoms with Crippen LogP contribution in [0.5, 0.6) is 0 Å². The Hall–Kier alpha value is -0.770. The number of halogens is 1. The standard InChI is InChI=1S/C13H11Br.H2OS/c1-10-9-12(7-8-13(10)14)11-5-3-2-4-6-11;1-2/h2-9H,1H3;1-2H. The Labute approximate surface area is 110 Å². The van der Waals surface area contributed by atoms with Crippen molar-refractivity contribution in [2.24, 2.45) is 0 Å². The first-order chi connectivity index (χ1) is 7.77. The van der Waals surface area contributed by atoms with Crippen LogP contribution in [0.3, 0.4) is 0 Å². The summed E-state index contributed by atoms with van der Waals surface area (Å²) >= 11 is 6.03. The zero-order valence-electron chi connectivity index (χ0n) is 8.89. The molecule has 3 heteroatoms. The molecule has 0 amide bonds. The molecule has 0 fully saturated rings. The van der Waals surface area contributed by atoms with Crippen molar-refractivity contribution in [1.29, 1.82) is 0 Å². The molecule has 16 heavy (non-hydrogen) atoms. The molecule has 0 bridgehead atoms. The Morgan fingerprint density at radius 1 is 0.938 bits per heavy atom. The highest BCUT2D eigenvalue weighted by Gasteiger charge is 1.98. The summed E-state index contributed by atoms with van der Waals surface area (Å²) < 4.78 is 7.86. The molecule has 0 saturated carbocycles. The van der Waals surface area contributed by atoms with E-state index >= 15 is 0 Å². The Bertz CT molecular complexity index is 443.